The summed E-state index contributed by atoms with van der Waals surface area (Å²) in [7, 11) is -3.63. The number of carbonyl (C=O) groups excluding carboxylic acids is 1. The molecule has 0 saturated carbocycles. The van der Waals surface area contributed by atoms with Crippen LogP contribution in [0, 0.1) is 11.2 Å². The molecule has 134 valence electrons. The molecule has 0 spiro atoms. The first-order chi connectivity index (χ1) is 11.5. The van der Waals surface area contributed by atoms with Crippen molar-refractivity contribution >= 4 is 27.0 Å². The quantitative estimate of drug-likeness (QED) is 0.882. The lowest BCUT2D eigenvalue weighted by Crippen LogP contribution is -2.27. The van der Waals surface area contributed by atoms with Gasteiger partial charge in [0.2, 0.25) is 0 Å². The molecular weight excluding hydrogens is 363 g/mol. The van der Waals surface area contributed by atoms with Gasteiger partial charge in [0.25, 0.3) is 0 Å². The second-order valence-corrected chi connectivity index (χ2v) is 10.5. The third-order valence-corrected chi connectivity index (χ3v) is 7.48. The molecule has 1 aliphatic carbocycles. The molecule has 4 nitrogen and oxygen atoms in total. The summed E-state index contributed by atoms with van der Waals surface area (Å²) in [5.74, 6) is -0.811. The van der Waals surface area contributed by atoms with Crippen molar-refractivity contribution in [2.75, 3.05) is 6.26 Å². The van der Waals surface area contributed by atoms with Crippen molar-refractivity contribution in [3.63, 3.8) is 0 Å². The first-order valence-corrected chi connectivity index (χ1v) is 10.5. The van der Waals surface area contributed by atoms with E-state index in [1.165, 1.54) is 18.2 Å². The van der Waals surface area contributed by atoms with Crippen LogP contribution in [0.2, 0.25) is 0 Å². The smallest absolute Gasteiger partial charge is 0.185 e. The molecule has 0 aliphatic heterocycles. The number of ketones is 1. The van der Waals surface area contributed by atoms with Crippen molar-refractivity contribution in [2.24, 2.45) is 5.41 Å². The minimum absolute atomic E-state index is 0.0339. The van der Waals surface area contributed by atoms with E-state index < -0.39 is 21.8 Å². The van der Waals surface area contributed by atoms with Crippen LogP contribution in [0.4, 0.5) is 4.39 Å². The predicted molar refractivity (Wildman–Crippen MR) is 94.3 cm³/mol. The summed E-state index contributed by atoms with van der Waals surface area (Å²) in [6.45, 7) is 3.84. The van der Waals surface area contributed by atoms with Crippen molar-refractivity contribution in [1.29, 1.82) is 0 Å². The van der Waals surface area contributed by atoms with Gasteiger partial charge in [-0.15, -0.1) is 11.3 Å². The molecule has 1 N–H and O–H groups in total. The number of halogens is 1. The van der Waals surface area contributed by atoms with Gasteiger partial charge in [0, 0.05) is 23.1 Å². The highest BCUT2D eigenvalue weighted by atomic mass is 32.2. The number of rotatable bonds is 3. The highest BCUT2D eigenvalue weighted by molar-refractivity contribution is 7.92. The molecule has 7 heteroatoms. The fourth-order valence-electron chi connectivity index (χ4n) is 3.30. The van der Waals surface area contributed by atoms with E-state index >= 15 is 0 Å². The number of aliphatic hydroxyl groups is 1. The summed E-state index contributed by atoms with van der Waals surface area (Å²) >= 11 is 0.873. The molecule has 0 amide bonds. The summed E-state index contributed by atoms with van der Waals surface area (Å²) in [6, 6.07) is 5.82. The van der Waals surface area contributed by atoms with Crippen LogP contribution >= 0.6 is 11.3 Å². The van der Waals surface area contributed by atoms with Crippen LogP contribution in [0.5, 0.6) is 0 Å². The van der Waals surface area contributed by atoms with Gasteiger partial charge in [-0.05, 0) is 23.5 Å². The van der Waals surface area contributed by atoms with E-state index in [-0.39, 0.29) is 33.0 Å². The second kappa shape index (κ2) is 6.00. The van der Waals surface area contributed by atoms with Gasteiger partial charge >= 0.3 is 0 Å². The van der Waals surface area contributed by atoms with Crippen LogP contribution in [0.3, 0.4) is 0 Å². The molecule has 1 aromatic carbocycles. The maximum Gasteiger partial charge on any atom is 0.185 e. The molecule has 0 fully saturated rings. The molecule has 25 heavy (non-hydrogen) atoms. The first-order valence-electron chi connectivity index (χ1n) is 7.82. The monoisotopic (exact) mass is 382 g/mol. The lowest BCUT2D eigenvalue weighted by molar-refractivity contribution is 0.0908. The summed E-state index contributed by atoms with van der Waals surface area (Å²) in [4.78, 5) is 12.9. The van der Waals surface area contributed by atoms with Crippen LogP contribution in [-0.4, -0.2) is 25.6 Å². The highest BCUT2D eigenvalue weighted by Gasteiger charge is 2.39. The minimum atomic E-state index is -3.63. The number of Topliss-reactive ketones (excluding diaryl/α,β-unsaturated/α-hetero) is 1. The Hall–Kier alpha value is -1.57. The maximum absolute atomic E-state index is 14.1. The fourth-order valence-corrected chi connectivity index (χ4v) is 5.86. The average molecular weight is 382 g/mol. The standard InChI is InChI=1S/C18H19FO4S2/c1-18(2)8-11-14(13(20)9-18)17(25(3,22)23)24-16(11)15(21)10-6-4-5-7-12(10)19/h4-7,15,21H,8-9H2,1-3H3. The van der Waals surface area contributed by atoms with Crippen LogP contribution < -0.4 is 0 Å². The maximum atomic E-state index is 14.1. The minimum Gasteiger partial charge on any atom is -0.383 e. The molecule has 1 heterocycles. The van der Waals surface area contributed by atoms with Crippen molar-refractivity contribution in [3.05, 3.63) is 51.7 Å². The molecule has 0 bridgehead atoms. The SMILES string of the molecule is CC1(C)CC(=O)c2c(S(C)(=O)=O)sc(C(O)c3ccccc3F)c2C1. The number of benzene rings is 1. The lowest BCUT2D eigenvalue weighted by Gasteiger charge is -2.30. The Bertz CT molecular complexity index is 957. The number of fused-ring (bicyclic) bond motifs is 1. The van der Waals surface area contributed by atoms with Gasteiger partial charge in [-0.3, -0.25) is 4.79 Å². The molecule has 1 aromatic heterocycles. The van der Waals surface area contributed by atoms with E-state index in [1.54, 1.807) is 6.07 Å². The molecule has 0 radical (unpaired) electrons. The van der Waals surface area contributed by atoms with Gasteiger partial charge in [0.1, 0.15) is 16.1 Å². The topological polar surface area (TPSA) is 71.4 Å². The largest absolute Gasteiger partial charge is 0.383 e. The summed E-state index contributed by atoms with van der Waals surface area (Å²) in [6.07, 6.45) is 0.443. The average Bonchev–Trinajstić information content (AvgIpc) is 2.85. The third kappa shape index (κ3) is 3.28. The van der Waals surface area contributed by atoms with Crippen LogP contribution in [-0.2, 0) is 16.3 Å². The van der Waals surface area contributed by atoms with E-state index in [4.69, 9.17) is 0 Å². The predicted octanol–water partition coefficient (Wildman–Crippen LogP) is 3.53. The molecule has 2 aromatic rings. The van der Waals surface area contributed by atoms with E-state index in [1.807, 2.05) is 13.8 Å². The normalized spacial score (nSPS) is 18.0. The fraction of sp³-hybridized carbons (Fsp3) is 0.389. The number of carbonyl (C=O) groups is 1. The third-order valence-electron chi connectivity index (χ3n) is 4.36. The number of hydrogen-bond acceptors (Lipinski definition) is 5. The van der Waals surface area contributed by atoms with Crippen molar-refractivity contribution in [3.8, 4) is 0 Å². The Kier molecular flexibility index (Phi) is 4.38. The van der Waals surface area contributed by atoms with Gasteiger partial charge in [0.15, 0.2) is 15.6 Å². The van der Waals surface area contributed by atoms with Crippen molar-refractivity contribution < 1.29 is 22.7 Å². The Morgan fingerprint density at radius 3 is 2.48 bits per heavy atom. The zero-order valence-electron chi connectivity index (χ0n) is 14.2. The van der Waals surface area contributed by atoms with Gasteiger partial charge in [-0.1, -0.05) is 32.0 Å². The van der Waals surface area contributed by atoms with E-state index in [0.29, 0.717) is 16.9 Å². The number of sulfone groups is 1. The Labute approximate surface area is 150 Å². The second-order valence-electron chi connectivity index (χ2n) is 7.24. The zero-order valence-corrected chi connectivity index (χ0v) is 15.8. The highest BCUT2D eigenvalue weighted by Crippen LogP contribution is 2.46. The van der Waals surface area contributed by atoms with E-state index in [9.17, 15) is 22.7 Å². The first kappa shape index (κ1) is 18.2. The molecule has 1 atom stereocenters. The zero-order chi connectivity index (χ0) is 18.6. The lowest BCUT2D eigenvalue weighted by atomic mass is 9.74. The summed E-state index contributed by atoms with van der Waals surface area (Å²) < 4.78 is 38.4. The van der Waals surface area contributed by atoms with Crippen LogP contribution in [0.1, 0.15) is 52.7 Å². The van der Waals surface area contributed by atoms with E-state index in [0.717, 1.165) is 17.6 Å². The van der Waals surface area contributed by atoms with Crippen LogP contribution in [0.25, 0.3) is 0 Å². The summed E-state index contributed by atoms with van der Waals surface area (Å²) in [5.41, 5.74) is 0.436. The van der Waals surface area contributed by atoms with Crippen molar-refractivity contribution in [2.45, 2.75) is 37.0 Å². The van der Waals surface area contributed by atoms with Gasteiger partial charge in [-0.2, -0.15) is 0 Å². The van der Waals surface area contributed by atoms with E-state index in [2.05, 4.69) is 0 Å². The molecular formula is C18H19FO4S2. The Balaban J connectivity index is 2.25. The number of thiophene rings is 1. The Morgan fingerprint density at radius 1 is 1.24 bits per heavy atom. The molecule has 1 unspecified atom stereocenters. The summed E-state index contributed by atoms with van der Waals surface area (Å²) in [5, 5.41) is 10.7. The number of aliphatic hydroxyl groups excluding tert-OH is 1. The molecule has 3 rings (SSSR count). The number of hydrogen-bond donors (Lipinski definition) is 1. The molecule has 1 aliphatic rings. The van der Waals surface area contributed by atoms with Gasteiger partial charge in [0.05, 0.1) is 5.56 Å². The van der Waals surface area contributed by atoms with Crippen molar-refractivity contribution in [1.82, 2.24) is 0 Å². The van der Waals surface area contributed by atoms with Gasteiger partial charge < -0.3 is 5.11 Å². The molecule has 0 saturated heterocycles. The van der Waals surface area contributed by atoms with Crippen LogP contribution in [0.15, 0.2) is 28.5 Å². The van der Waals surface area contributed by atoms with Gasteiger partial charge in [-0.25, -0.2) is 12.8 Å². The Morgan fingerprint density at radius 2 is 1.88 bits per heavy atom.